The molecule has 0 unspecified atom stereocenters. The molecular weight excluding hydrogens is 376 g/mol. The van der Waals surface area contributed by atoms with Gasteiger partial charge in [0, 0.05) is 23.0 Å². The van der Waals surface area contributed by atoms with Crippen LogP contribution in [0.4, 0.5) is 11.4 Å². The minimum Gasteiger partial charge on any atom is -0.368 e. The smallest absolute Gasteiger partial charge is 0.253 e. The van der Waals surface area contributed by atoms with Crippen LogP contribution >= 0.6 is 11.6 Å². The van der Waals surface area contributed by atoms with E-state index in [1.807, 2.05) is 42.5 Å². The number of anilines is 2. The van der Waals surface area contributed by atoms with E-state index in [1.165, 1.54) is 0 Å². The van der Waals surface area contributed by atoms with Gasteiger partial charge >= 0.3 is 0 Å². The van der Waals surface area contributed by atoms with Crippen LogP contribution in [0.25, 0.3) is 0 Å². The average Bonchev–Trinajstić information content (AvgIpc) is 2.98. The van der Waals surface area contributed by atoms with E-state index < -0.39 is 0 Å². The number of amides is 2. The lowest BCUT2D eigenvalue weighted by Gasteiger charge is -2.26. The molecule has 2 atom stereocenters. The Labute approximate surface area is 169 Å². The normalized spacial score (nSPS) is 21.5. The molecule has 0 aliphatic carbocycles. The molecule has 2 aliphatic heterocycles. The fraction of sp³-hybridized carbons (Fsp3) is 0.364. The Hall–Kier alpha value is -2.37. The third-order valence-electron chi connectivity index (χ3n) is 5.38. The maximum Gasteiger partial charge on any atom is 0.253 e. The molecule has 0 saturated carbocycles. The first-order chi connectivity index (χ1) is 13.5. The summed E-state index contributed by atoms with van der Waals surface area (Å²) in [6.45, 7) is 3.25. The predicted octanol–water partition coefficient (Wildman–Crippen LogP) is 4.18. The fourth-order valence-electron chi connectivity index (χ4n) is 3.75. The molecule has 28 heavy (non-hydrogen) atoms. The number of halogens is 1. The van der Waals surface area contributed by atoms with Crippen molar-refractivity contribution < 1.29 is 14.3 Å². The van der Waals surface area contributed by atoms with Crippen LogP contribution in [-0.4, -0.2) is 24.5 Å². The summed E-state index contributed by atoms with van der Waals surface area (Å²) in [5, 5.41) is 3.54. The summed E-state index contributed by atoms with van der Waals surface area (Å²) < 4.78 is 5.58. The monoisotopic (exact) mass is 398 g/mol. The molecule has 0 aromatic heterocycles. The Morgan fingerprint density at radius 1 is 1.25 bits per heavy atom. The van der Waals surface area contributed by atoms with Crippen LogP contribution in [0, 0.1) is 5.92 Å². The van der Waals surface area contributed by atoms with Crippen LogP contribution in [0.2, 0.25) is 5.02 Å². The van der Waals surface area contributed by atoms with Crippen LogP contribution in [0.5, 0.6) is 0 Å². The molecule has 5 nitrogen and oxygen atoms in total. The lowest BCUT2D eigenvalue weighted by molar-refractivity contribution is -0.131. The first-order valence-electron chi connectivity index (χ1n) is 9.60. The SMILES string of the molecule is C[C@H]1CCO[C@H](C(=O)Nc2ccc(CN3C(=O)Cc4ccc(Cl)cc43)cc2)C1. The van der Waals surface area contributed by atoms with Gasteiger partial charge in [-0.25, -0.2) is 0 Å². The molecule has 2 aromatic carbocycles. The zero-order chi connectivity index (χ0) is 19.7. The van der Waals surface area contributed by atoms with Crippen LogP contribution in [0.15, 0.2) is 42.5 Å². The number of rotatable bonds is 4. The molecule has 1 fully saturated rings. The topological polar surface area (TPSA) is 58.6 Å². The Morgan fingerprint density at radius 2 is 2.04 bits per heavy atom. The number of hydrogen-bond donors (Lipinski definition) is 1. The van der Waals surface area contributed by atoms with Crippen molar-refractivity contribution in [3.8, 4) is 0 Å². The maximum absolute atomic E-state index is 12.4. The minimum atomic E-state index is -0.383. The summed E-state index contributed by atoms with van der Waals surface area (Å²) in [7, 11) is 0. The highest BCUT2D eigenvalue weighted by Gasteiger charge is 2.28. The van der Waals surface area contributed by atoms with Crippen molar-refractivity contribution in [1.29, 1.82) is 0 Å². The molecule has 2 heterocycles. The lowest BCUT2D eigenvalue weighted by atomic mass is 9.97. The van der Waals surface area contributed by atoms with Gasteiger partial charge in [-0.1, -0.05) is 36.7 Å². The molecule has 4 rings (SSSR count). The van der Waals surface area contributed by atoms with Gasteiger partial charge in [-0.2, -0.15) is 0 Å². The van der Waals surface area contributed by atoms with Crippen molar-refractivity contribution in [2.75, 3.05) is 16.8 Å². The second kappa shape index (κ2) is 7.94. The molecule has 0 radical (unpaired) electrons. The highest BCUT2D eigenvalue weighted by molar-refractivity contribution is 6.31. The largest absolute Gasteiger partial charge is 0.368 e. The zero-order valence-electron chi connectivity index (χ0n) is 15.8. The summed E-state index contributed by atoms with van der Waals surface area (Å²) in [5.74, 6) is 0.469. The summed E-state index contributed by atoms with van der Waals surface area (Å²) in [6, 6.07) is 13.1. The van der Waals surface area contributed by atoms with E-state index in [9.17, 15) is 9.59 Å². The molecule has 0 spiro atoms. The summed E-state index contributed by atoms with van der Waals surface area (Å²) in [5.41, 5.74) is 3.59. The standard InChI is InChI=1S/C22H23ClN2O3/c1-14-8-9-28-20(10-14)22(27)24-18-6-2-15(3-7-18)13-25-19-12-17(23)5-4-16(19)11-21(25)26/h2-7,12,14,20H,8-11,13H2,1H3,(H,24,27)/t14-,20-/m0/s1. The third-order valence-corrected chi connectivity index (χ3v) is 5.62. The second-order valence-electron chi connectivity index (χ2n) is 7.60. The van der Waals surface area contributed by atoms with Gasteiger partial charge in [0.25, 0.3) is 5.91 Å². The van der Waals surface area contributed by atoms with Gasteiger partial charge in [0.15, 0.2) is 0 Å². The van der Waals surface area contributed by atoms with E-state index >= 15 is 0 Å². The van der Waals surface area contributed by atoms with Crippen molar-refractivity contribution in [3.63, 3.8) is 0 Å². The van der Waals surface area contributed by atoms with E-state index in [2.05, 4.69) is 12.2 Å². The van der Waals surface area contributed by atoms with Gasteiger partial charge < -0.3 is 15.0 Å². The number of benzene rings is 2. The van der Waals surface area contributed by atoms with E-state index in [1.54, 1.807) is 4.90 Å². The highest BCUT2D eigenvalue weighted by Crippen LogP contribution is 2.32. The van der Waals surface area contributed by atoms with Gasteiger partial charge in [0.05, 0.1) is 13.0 Å². The number of nitrogens with one attached hydrogen (secondary N) is 1. The second-order valence-corrected chi connectivity index (χ2v) is 8.04. The third kappa shape index (κ3) is 4.05. The fourth-order valence-corrected chi connectivity index (χ4v) is 3.91. The van der Waals surface area contributed by atoms with Crippen LogP contribution < -0.4 is 10.2 Å². The quantitative estimate of drug-likeness (QED) is 0.840. The highest BCUT2D eigenvalue weighted by atomic mass is 35.5. The van der Waals surface area contributed by atoms with Gasteiger partial charge in [-0.15, -0.1) is 0 Å². The number of fused-ring (bicyclic) bond motifs is 1. The number of carbonyl (C=O) groups is 2. The van der Waals surface area contributed by atoms with Crippen LogP contribution in [-0.2, 0) is 27.3 Å². The first-order valence-corrected chi connectivity index (χ1v) is 9.97. The van der Waals surface area contributed by atoms with Crippen LogP contribution in [0.3, 0.4) is 0 Å². The van der Waals surface area contributed by atoms with Crippen molar-refractivity contribution >= 4 is 34.8 Å². The van der Waals surface area contributed by atoms with E-state index in [0.717, 1.165) is 35.3 Å². The summed E-state index contributed by atoms with van der Waals surface area (Å²) >= 11 is 6.09. The van der Waals surface area contributed by atoms with E-state index in [0.29, 0.717) is 30.5 Å². The lowest BCUT2D eigenvalue weighted by Crippen LogP contribution is -2.35. The first kappa shape index (κ1) is 19.0. The number of nitrogens with zero attached hydrogens (tertiary/aromatic N) is 1. The minimum absolute atomic E-state index is 0.0678. The molecule has 1 saturated heterocycles. The molecule has 6 heteroatoms. The molecular formula is C22H23ClN2O3. The summed E-state index contributed by atoms with van der Waals surface area (Å²) in [4.78, 5) is 26.5. The molecule has 2 aromatic rings. The number of carbonyl (C=O) groups excluding carboxylic acids is 2. The molecule has 2 aliphatic rings. The average molecular weight is 399 g/mol. The van der Waals surface area contributed by atoms with Gasteiger partial charge in [0.2, 0.25) is 5.91 Å². The molecule has 1 N–H and O–H groups in total. The van der Waals surface area contributed by atoms with Gasteiger partial charge in [-0.3, -0.25) is 9.59 Å². The molecule has 0 bridgehead atoms. The predicted molar refractivity (Wildman–Crippen MR) is 110 cm³/mol. The molecule has 2 amide bonds. The van der Waals surface area contributed by atoms with Crippen molar-refractivity contribution in [2.24, 2.45) is 5.92 Å². The van der Waals surface area contributed by atoms with Crippen LogP contribution in [0.1, 0.15) is 30.9 Å². The molecule has 146 valence electrons. The zero-order valence-corrected chi connectivity index (χ0v) is 16.5. The number of ether oxygens (including phenoxy) is 1. The van der Waals surface area contributed by atoms with Gasteiger partial charge in [0.1, 0.15) is 6.10 Å². The van der Waals surface area contributed by atoms with Crippen molar-refractivity contribution in [1.82, 2.24) is 0 Å². The maximum atomic E-state index is 12.4. The Morgan fingerprint density at radius 3 is 2.79 bits per heavy atom. The van der Waals surface area contributed by atoms with E-state index in [4.69, 9.17) is 16.3 Å². The van der Waals surface area contributed by atoms with E-state index in [-0.39, 0.29) is 17.9 Å². The van der Waals surface area contributed by atoms with Gasteiger partial charge in [-0.05, 0) is 54.2 Å². The van der Waals surface area contributed by atoms with Crippen molar-refractivity contribution in [2.45, 2.75) is 38.8 Å². The van der Waals surface area contributed by atoms with Crippen molar-refractivity contribution in [3.05, 3.63) is 58.6 Å². The summed E-state index contributed by atoms with van der Waals surface area (Å²) in [6.07, 6.45) is 1.78. The Kier molecular flexibility index (Phi) is 5.38. The Bertz CT molecular complexity index is 897. The Balaban J connectivity index is 1.41. The number of hydrogen-bond acceptors (Lipinski definition) is 3.